The van der Waals surface area contributed by atoms with Gasteiger partial charge in [-0.15, -0.1) is 0 Å². The van der Waals surface area contributed by atoms with Gasteiger partial charge in [-0.25, -0.2) is 8.78 Å². The molecule has 0 unspecified atom stereocenters. The van der Waals surface area contributed by atoms with E-state index in [9.17, 15) is 18.7 Å². The molecule has 19 heavy (non-hydrogen) atoms. The number of hydrogen-bond acceptors (Lipinski definition) is 2. The van der Waals surface area contributed by atoms with E-state index in [1.165, 1.54) is 6.08 Å². The summed E-state index contributed by atoms with van der Waals surface area (Å²) in [6.07, 6.45) is 2.66. The zero-order valence-electron chi connectivity index (χ0n) is 9.81. The zero-order chi connectivity index (χ0) is 13.8. The third kappa shape index (κ3) is 3.04. The van der Waals surface area contributed by atoms with E-state index < -0.39 is 28.7 Å². The molecule has 0 heterocycles. The fourth-order valence-corrected chi connectivity index (χ4v) is 1.58. The standard InChI is InChI=1S/C15H10F2O2/c16-11-8-12(15(19)13(17)9-11)14(18)7-6-10-4-2-1-3-5-10/h1-9,19H. The lowest BCUT2D eigenvalue weighted by molar-refractivity contribution is 0.104. The van der Waals surface area contributed by atoms with Crippen molar-refractivity contribution in [3.8, 4) is 5.75 Å². The fraction of sp³-hybridized carbons (Fsp3) is 0. The number of allylic oxidation sites excluding steroid dienone is 1. The van der Waals surface area contributed by atoms with Crippen LogP contribution in [0.3, 0.4) is 0 Å². The summed E-state index contributed by atoms with van der Waals surface area (Å²) >= 11 is 0. The number of carbonyl (C=O) groups excluding carboxylic acids is 1. The van der Waals surface area contributed by atoms with Gasteiger partial charge >= 0.3 is 0 Å². The molecule has 4 heteroatoms. The van der Waals surface area contributed by atoms with E-state index in [0.29, 0.717) is 6.07 Å². The van der Waals surface area contributed by atoms with Crippen molar-refractivity contribution < 1.29 is 18.7 Å². The van der Waals surface area contributed by atoms with Crippen LogP contribution in [0.5, 0.6) is 5.75 Å². The van der Waals surface area contributed by atoms with E-state index in [-0.39, 0.29) is 0 Å². The second-order valence-corrected chi connectivity index (χ2v) is 3.89. The third-order valence-electron chi connectivity index (χ3n) is 2.52. The molecule has 0 saturated carbocycles. The lowest BCUT2D eigenvalue weighted by Crippen LogP contribution is -1.98. The van der Waals surface area contributed by atoms with Crippen LogP contribution in [0.1, 0.15) is 15.9 Å². The molecule has 0 bridgehead atoms. The summed E-state index contributed by atoms with van der Waals surface area (Å²) in [5.41, 5.74) is 0.372. The number of hydrogen-bond donors (Lipinski definition) is 1. The Balaban J connectivity index is 2.28. The summed E-state index contributed by atoms with van der Waals surface area (Å²) < 4.78 is 26.1. The first-order valence-electron chi connectivity index (χ1n) is 5.53. The largest absolute Gasteiger partial charge is 0.504 e. The maximum Gasteiger partial charge on any atom is 0.189 e. The number of halogens is 2. The average molecular weight is 260 g/mol. The predicted molar refractivity (Wildman–Crippen MR) is 67.8 cm³/mol. The third-order valence-corrected chi connectivity index (χ3v) is 2.52. The Labute approximate surface area is 108 Å². The molecule has 0 atom stereocenters. The second-order valence-electron chi connectivity index (χ2n) is 3.89. The van der Waals surface area contributed by atoms with E-state index in [2.05, 4.69) is 0 Å². The number of phenols is 1. The number of benzene rings is 2. The van der Waals surface area contributed by atoms with E-state index in [1.54, 1.807) is 24.3 Å². The summed E-state index contributed by atoms with van der Waals surface area (Å²) in [7, 11) is 0. The van der Waals surface area contributed by atoms with Crippen molar-refractivity contribution in [2.75, 3.05) is 0 Å². The zero-order valence-corrected chi connectivity index (χ0v) is 9.81. The van der Waals surface area contributed by atoms with Crippen LogP contribution in [-0.2, 0) is 0 Å². The first-order chi connectivity index (χ1) is 9.08. The van der Waals surface area contributed by atoms with E-state index in [4.69, 9.17) is 0 Å². The molecule has 0 saturated heterocycles. The maximum absolute atomic E-state index is 13.1. The predicted octanol–water partition coefficient (Wildman–Crippen LogP) is 3.57. The second kappa shape index (κ2) is 5.44. The molecule has 1 N–H and O–H groups in total. The van der Waals surface area contributed by atoms with Gasteiger partial charge in [-0.1, -0.05) is 36.4 Å². The topological polar surface area (TPSA) is 37.3 Å². The van der Waals surface area contributed by atoms with Crippen molar-refractivity contribution in [2.45, 2.75) is 0 Å². The molecule has 2 rings (SSSR count). The molecular formula is C15H10F2O2. The molecule has 2 aromatic rings. The molecule has 2 nitrogen and oxygen atoms in total. The fourth-order valence-electron chi connectivity index (χ4n) is 1.58. The quantitative estimate of drug-likeness (QED) is 0.676. The summed E-state index contributed by atoms with van der Waals surface area (Å²) in [4.78, 5) is 11.8. The molecule has 0 fully saturated rings. The Morgan fingerprint density at radius 3 is 2.47 bits per heavy atom. The van der Waals surface area contributed by atoms with Crippen molar-refractivity contribution in [3.63, 3.8) is 0 Å². The van der Waals surface area contributed by atoms with Crippen molar-refractivity contribution >= 4 is 11.9 Å². The Morgan fingerprint density at radius 1 is 1.11 bits per heavy atom. The molecule has 0 amide bonds. The molecule has 2 aromatic carbocycles. The lowest BCUT2D eigenvalue weighted by atomic mass is 10.1. The van der Waals surface area contributed by atoms with Crippen LogP contribution in [-0.4, -0.2) is 10.9 Å². The van der Waals surface area contributed by atoms with Crippen molar-refractivity contribution in [1.29, 1.82) is 0 Å². The monoisotopic (exact) mass is 260 g/mol. The highest BCUT2D eigenvalue weighted by Crippen LogP contribution is 2.23. The van der Waals surface area contributed by atoms with E-state index in [1.807, 2.05) is 6.07 Å². The molecule has 96 valence electrons. The highest BCUT2D eigenvalue weighted by molar-refractivity contribution is 6.08. The normalized spacial score (nSPS) is 10.8. The van der Waals surface area contributed by atoms with Gasteiger partial charge in [-0.05, 0) is 17.7 Å². The highest BCUT2D eigenvalue weighted by Gasteiger charge is 2.14. The smallest absolute Gasteiger partial charge is 0.189 e. The van der Waals surface area contributed by atoms with Gasteiger partial charge in [0, 0.05) is 6.07 Å². The van der Waals surface area contributed by atoms with Gasteiger partial charge in [0.05, 0.1) is 5.56 Å². The van der Waals surface area contributed by atoms with Gasteiger partial charge in [0.1, 0.15) is 5.82 Å². The minimum atomic E-state index is -1.16. The number of carbonyl (C=O) groups is 1. The van der Waals surface area contributed by atoms with Crippen LogP contribution < -0.4 is 0 Å². The number of phenolic OH excluding ortho intramolecular Hbond substituents is 1. The summed E-state index contributed by atoms with van der Waals surface area (Å²) in [6, 6.07) is 10.3. The van der Waals surface area contributed by atoms with Crippen molar-refractivity contribution in [1.82, 2.24) is 0 Å². The molecule has 0 spiro atoms. The highest BCUT2D eigenvalue weighted by atomic mass is 19.1. The van der Waals surface area contributed by atoms with E-state index >= 15 is 0 Å². The molecule has 0 aliphatic heterocycles. The van der Waals surface area contributed by atoms with Crippen molar-refractivity contribution in [3.05, 3.63) is 71.3 Å². The summed E-state index contributed by atoms with van der Waals surface area (Å²) in [5, 5.41) is 9.39. The van der Waals surface area contributed by atoms with Gasteiger partial charge in [-0.3, -0.25) is 4.79 Å². The van der Waals surface area contributed by atoms with Gasteiger partial charge in [0.15, 0.2) is 17.3 Å². The summed E-state index contributed by atoms with van der Waals surface area (Å²) in [5.74, 6) is -3.58. The first kappa shape index (κ1) is 13.0. The molecule has 0 aromatic heterocycles. The van der Waals surface area contributed by atoms with Crippen LogP contribution in [0, 0.1) is 11.6 Å². The minimum Gasteiger partial charge on any atom is -0.504 e. The minimum absolute atomic E-state index is 0.398. The Kier molecular flexibility index (Phi) is 3.71. The van der Waals surface area contributed by atoms with Crippen LogP contribution in [0.15, 0.2) is 48.5 Å². The van der Waals surface area contributed by atoms with Gasteiger partial charge < -0.3 is 5.11 Å². The Hall–Kier alpha value is -2.49. The van der Waals surface area contributed by atoms with Crippen LogP contribution in [0.25, 0.3) is 6.08 Å². The average Bonchev–Trinajstić information content (AvgIpc) is 2.41. The Morgan fingerprint density at radius 2 is 1.79 bits per heavy atom. The Bertz CT molecular complexity index is 634. The molecule has 0 radical (unpaired) electrons. The van der Waals surface area contributed by atoms with Crippen LogP contribution >= 0.6 is 0 Å². The van der Waals surface area contributed by atoms with Gasteiger partial charge in [0.25, 0.3) is 0 Å². The van der Waals surface area contributed by atoms with Crippen LogP contribution in [0.2, 0.25) is 0 Å². The first-order valence-corrected chi connectivity index (χ1v) is 5.53. The molecule has 0 aliphatic carbocycles. The van der Waals surface area contributed by atoms with Crippen molar-refractivity contribution in [2.24, 2.45) is 0 Å². The molecule has 0 aliphatic rings. The maximum atomic E-state index is 13.1. The number of ketones is 1. The van der Waals surface area contributed by atoms with Gasteiger partial charge in [0.2, 0.25) is 0 Å². The summed E-state index contributed by atoms with van der Waals surface area (Å²) in [6.45, 7) is 0. The van der Waals surface area contributed by atoms with E-state index in [0.717, 1.165) is 17.7 Å². The number of aromatic hydroxyl groups is 1. The van der Waals surface area contributed by atoms with Gasteiger partial charge in [-0.2, -0.15) is 0 Å². The number of rotatable bonds is 3. The lowest BCUT2D eigenvalue weighted by Gasteiger charge is -2.02. The molecular weight excluding hydrogens is 250 g/mol. The van der Waals surface area contributed by atoms with Crippen LogP contribution in [0.4, 0.5) is 8.78 Å². The SMILES string of the molecule is O=C(C=Cc1ccccc1)c1cc(F)cc(F)c1O.